The number of thiazole rings is 1. The van der Waals surface area contributed by atoms with Crippen molar-refractivity contribution in [3.8, 4) is 0 Å². The van der Waals surface area contributed by atoms with Crippen LogP contribution in [0.4, 0.5) is 16.2 Å². The third-order valence-corrected chi connectivity index (χ3v) is 3.58. The monoisotopic (exact) mass is 319 g/mol. The number of carbonyl (C=O) groups is 1. The number of nitrogens with one attached hydrogen (secondary N) is 2. The van der Waals surface area contributed by atoms with Crippen LogP contribution in [0.2, 0.25) is 0 Å². The van der Waals surface area contributed by atoms with Crippen LogP contribution < -0.4 is 10.6 Å². The van der Waals surface area contributed by atoms with Gasteiger partial charge in [-0.25, -0.2) is 9.78 Å². The number of rotatable bonds is 4. The molecule has 1 heterocycles. The van der Waals surface area contributed by atoms with Gasteiger partial charge < -0.3 is 10.1 Å². The smallest absolute Gasteiger partial charge is 0.412 e. The van der Waals surface area contributed by atoms with Crippen LogP contribution in [0.15, 0.2) is 29.6 Å². The zero-order chi connectivity index (χ0) is 16.2. The summed E-state index contributed by atoms with van der Waals surface area (Å²) in [5, 5.41) is 9.07. The quantitative estimate of drug-likeness (QED) is 0.876. The van der Waals surface area contributed by atoms with E-state index in [9.17, 15) is 4.79 Å². The molecule has 1 aromatic heterocycles. The first-order chi connectivity index (χ1) is 10.3. The zero-order valence-corrected chi connectivity index (χ0v) is 14.1. The largest absolute Gasteiger partial charge is 0.444 e. The molecule has 1 amide bonds. The molecule has 0 saturated heterocycles. The van der Waals surface area contributed by atoms with Crippen LogP contribution in [0.25, 0.3) is 0 Å². The lowest BCUT2D eigenvalue weighted by Gasteiger charge is -2.19. The minimum atomic E-state index is -0.511. The molecule has 2 aromatic rings. The lowest BCUT2D eigenvalue weighted by Crippen LogP contribution is -2.27. The maximum absolute atomic E-state index is 11.8. The topological polar surface area (TPSA) is 63.2 Å². The van der Waals surface area contributed by atoms with E-state index in [2.05, 4.69) is 15.6 Å². The third-order valence-electron chi connectivity index (χ3n) is 2.62. The number of nitrogens with zero attached hydrogens (tertiary/aromatic N) is 1. The predicted molar refractivity (Wildman–Crippen MR) is 90.5 cm³/mol. The van der Waals surface area contributed by atoms with Crippen molar-refractivity contribution in [2.24, 2.45) is 0 Å². The summed E-state index contributed by atoms with van der Waals surface area (Å²) in [6.07, 6.45) is -0.458. The second-order valence-electron chi connectivity index (χ2n) is 5.94. The molecule has 22 heavy (non-hydrogen) atoms. The SMILES string of the molecule is Cc1csc(CNc2cccc(NC(=O)OC(C)(C)C)c2)n1. The van der Waals surface area contributed by atoms with E-state index in [1.54, 1.807) is 11.3 Å². The Bertz CT molecular complexity index is 647. The molecule has 6 heteroatoms. The summed E-state index contributed by atoms with van der Waals surface area (Å²) in [6.45, 7) is 8.14. The Labute approximate surface area is 134 Å². The van der Waals surface area contributed by atoms with Gasteiger partial charge in [-0.3, -0.25) is 5.32 Å². The molecule has 1 aromatic carbocycles. The molecule has 2 N–H and O–H groups in total. The van der Waals surface area contributed by atoms with Gasteiger partial charge in [-0.05, 0) is 45.9 Å². The molecule has 0 aliphatic heterocycles. The Hall–Kier alpha value is -2.08. The first-order valence-electron chi connectivity index (χ1n) is 7.07. The van der Waals surface area contributed by atoms with Crippen molar-refractivity contribution < 1.29 is 9.53 Å². The van der Waals surface area contributed by atoms with E-state index < -0.39 is 11.7 Å². The van der Waals surface area contributed by atoms with E-state index in [-0.39, 0.29) is 0 Å². The number of aryl methyl sites for hydroxylation is 1. The van der Waals surface area contributed by atoms with Crippen molar-refractivity contribution in [1.82, 2.24) is 4.98 Å². The highest BCUT2D eigenvalue weighted by Gasteiger charge is 2.16. The standard InChI is InChI=1S/C16H21N3O2S/c1-11-10-22-14(18-11)9-17-12-6-5-7-13(8-12)19-15(20)21-16(2,3)4/h5-8,10,17H,9H2,1-4H3,(H,19,20). The van der Waals surface area contributed by atoms with Crippen LogP contribution in [0.3, 0.4) is 0 Å². The summed E-state index contributed by atoms with van der Waals surface area (Å²) < 4.78 is 5.23. The lowest BCUT2D eigenvalue weighted by molar-refractivity contribution is 0.0636. The van der Waals surface area contributed by atoms with E-state index in [1.165, 1.54) is 0 Å². The summed E-state index contributed by atoms with van der Waals surface area (Å²) in [4.78, 5) is 16.2. The van der Waals surface area contributed by atoms with Gasteiger partial charge in [-0.2, -0.15) is 0 Å². The molecule has 0 aliphatic rings. The molecule has 0 saturated carbocycles. The Morgan fingerprint density at radius 3 is 2.68 bits per heavy atom. The summed E-state index contributed by atoms with van der Waals surface area (Å²) in [6, 6.07) is 7.51. The maximum Gasteiger partial charge on any atom is 0.412 e. The Balaban J connectivity index is 1.93. The molecule has 0 aliphatic carbocycles. The number of benzene rings is 1. The second-order valence-corrected chi connectivity index (χ2v) is 6.89. The predicted octanol–water partition coefficient (Wildman–Crippen LogP) is 4.41. The highest BCUT2D eigenvalue weighted by atomic mass is 32.1. The van der Waals surface area contributed by atoms with Gasteiger partial charge in [-0.15, -0.1) is 11.3 Å². The molecular formula is C16H21N3O2S. The molecule has 2 rings (SSSR count). The highest BCUT2D eigenvalue weighted by molar-refractivity contribution is 7.09. The number of anilines is 2. The molecule has 0 unspecified atom stereocenters. The molecule has 5 nitrogen and oxygen atoms in total. The number of hydrogen-bond acceptors (Lipinski definition) is 5. The highest BCUT2D eigenvalue weighted by Crippen LogP contribution is 2.18. The van der Waals surface area contributed by atoms with Crippen molar-refractivity contribution >= 4 is 28.8 Å². The summed E-state index contributed by atoms with van der Waals surface area (Å²) in [7, 11) is 0. The van der Waals surface area contributed by atoms with Crippen molar-refractivity contribution in [3.05, 3.63) is 40.3 Å². The van der Waals surface area contributed by atoms with E-state index in [0.717, 1.165) is 16.4 Å². The molecular weight excluding hydrogens is 298 g/mol. The number of ether oxygens (including phenoxy) is 1. The summed E-state index contributed by atoms with van der Waals surface area (Å²) in [5.74, 6) is 0. The van der Waals surface area contributed by atoms with Crippen LogP contribution in [-0.4, -0.2) is 16.7 Å². The lowest BCUT2D eigenvalue weighted by atomic mass is 10.2. The van der Waals surface area contributed by atoms with Gasteiger partial charge in [0.1, 0.15) is 10.6 Å². The van der Waals surface area contributed by atoms with Gasteiger partial charge in [-0.1, -0.05) is 6.07 Å². The van der Waals surface area contributed by atoms with Gasteiger partial charge in [0.25, 0.3) is 0 Å². The fourth-order valence-corrected chi connectivity index (χ4v) is 2.50. The summed E-state index contributed by atoms with van der Waals surface area (Å²) >= 11 is 1.63. The van der Waals surface area contributed by atoms with Gasteiger partial charge in [0.05, 0.1) is 6.54 Å². The molecule has 118 valence electrons. The van der Waals surface area contributed by atoms with E-state index >= 15 is 0 Å². The minimum absolute atomic E-state index is 0.458. The number of hydrogen-bond donors (Lipinski definition) is 2. The Morgan fingerprint density at radius 2 is 2.05 bits per heavy atom. The fourth-order valence-electron chi connectivity index (χ4n) is 1.79. The van der Waals surface area contributed by atoms with Crippen LogP contribution in [0, 0.1) is 6.92 Å². The van der Waals surface area contributed by atoms with Crippen molar-refractivity contribution in [3.63, 3.8) is 0 Å². The van der Waals surface area contributed by atoms with Crippen LogP contribution in [0.5, 0.6) is 0 Å². The second kappa shape index (κ2) is 6.79. The first kappa shape index (κ1) is 16.3. The van der Waals surface area contributed by atoms with Crippen molar-refractivity contribution in [2.75, 3.05) is 10.6 Å². The third kappa shape index (κ3) is 5.37. The van der Waals surface area contributed by atoms with Crippen molar-refractivity contribution in [2.45, 2.75) is 39.8 Å². The molecule has 0 bridgehead atoms. The van der Waals surface area contributed by atoms with E-state index in [1.807, 2.05) is 57.3 Å². The van der Waals surface area contributed by atoms with Crippen LogP contribution >= 0.6 is 11.3 Å². The molecule has 0 fully saturated rings. The molecule has 0 atom stereocenters. The summed E-state index contributed by atoms with van der Waals surface area (Å²) in [5.41, 5.74) is 2.13. The maximum atomic E-state index is 11.8. The van der Waals surface area contributed by atoms with E-state index in [4.69, 9.17) is 4.74 Å². The van der Waals surface area contributed by atoms with Gasteiger partial charge in [0.15, 0.2) is 0 Å². The normalized spacial score (nSPS) is 11.1. The fraction of sp³-hybridized carbons (Fsp3) is 0.375. The van der Waals surface area contributed by atoms with Crippen LogP contribution in [-0.2, 0) is 11.3 Å². The minimum Gasteiger partial charge on any atom is -0.444 e. The van der Waals surface area contributed by atoms with Gasteiger partial charge >= 0.3 is 6.09 Å². The van der Waals surface area contributed by atoms with E-state index in [0.29, 0.717) is 12.2 Å². The molecule has 0 radical (unpaired) electrons. The van der Waals surface area contributed by atoms with Crippen LogP contribution in [0.1, 0.15) is 31.5 Å². The Morgan fingerprint density at radius 1 is 1.32 bits per heavy atom. The number of amides is 1. The first-order valence-corrected chi connectivity index (χ1v) is 7.95. The zero-order valence-electron chi connectivity index (χ0n) is 13.3. The number of carbonyl (C=O) groups excluding carboxylic acids is 1. The van der Waals surface area contributed by atoms with Gasteiger partial charge in [0.2, 0.25) is 0 Å². The van der Waals surface area contributed by atoms with Gasteiger partial charge in [0, 0.05) is 22.4 Å². The van der Waals surface area contributed by atoms with Crippen molar-refractivity contribution in [1.29, 1.82) is 0 Å². The molecule has 0 spiro atoms. The average Bonchev–Trinajstić information content (AvgIpc) is 2.80. The Kier molecular flexibility index (Phi) is 5.03. The average molecular weight is 319 g/mol. The number of aromatic nitrogens is 1.